The van der Waals surface area contributed by atoms with E-state index in [9.17, 15) is 9.59 Å². The first-order valence-corrected chi connectivity index (χ1v) is 10.5. The zero-order valence-electron chi connectivity index (χ0n) is 16.7. The minimum absolute atomic E-state index is 0.155. The van der Waals surface area contributed by atoms with Gasteiger partial charge in [0.25, 0.3) is 0 Å². The SMILES string of the molecule is O=C(CCn1cnnn1)N1CCC(CCC(=O)N2CCc3ccccc3C2)CC1. The quantitative estimate of drug-likeness (QED) is 0.742. The molecule has 2 amide bonds. The van der Waals surface area contributed by atoms with E-state index in [-0.39, 0.29) is 11.8 Å². The van der Waals surface area contributed by atoms with E-state index in [2.05, 4.69) is 33.7 Å². The number of fused-ring (bicyclic) bond motifs is 1. The topological polar surface area (TPSA) is 84.2 Å². The maximum Gasteiger partial charge on any atom is 0.224 e. The third-order valence-electron chi connectivity index (χ3n) is 6.16. The smallest absolute Gasteiger partial charge is 0.224 e. The highest BCUT2D eigenvalue weighted by molar-refractivity contribution is 5.77. The highest BCUT2D eigenvalue weighted by Crippen LogP contribution is 2.24. The van der Waals surface area contributed by atoms with Crippen LogP contribution in [0.4, 0.5) is 0 Å². The van der Waals surface area contributed by atoms with Crippen LogP contribution in [0.2, 0.25) is 0 Å². The first kappa shape index (κ1) is 19.5. The summed E-state index contributed by atoms with van der Waals surface area (Å²) < 4.78 is 1.58. The maximum absolute atomic E-state index is 12.7. The molecule has 1 fully saturated rings. The van der Waals surface area contributed by atoms with Crippen LogP contribution in [0.15, 0.2) is 30.6 Å². The van der Waals surface area contributed by atoms with E-state index < -0.39 is 0 Å². The fraction of sp³-hybridized carbons (Fsp3) is 0.571. The third-order valence-corrected chi connectivity index (χ3v) is 6.16. The van der Waals surface area contributed by atoms with Crippen LogP contribution < -0.4 is 0 Å². The molecule has 1 saturated heterocycles. The van der Waals surface area contributed by atoms with Gasteiger partial charge in [0.05, 0.1) is 6.54 Å². The van der Waals surface area contributed by atoms with Crippen molar-refractivity contribution in [2.75, 3.05) is 19.6 Å². The molecule has 3 heterocycles. The van der Waals surface area contributed by atoms with Crippen LogP contribution >= 0.6 is 0 Å². The van der Waals surface area contributed by atoms with E-state index in [1.165, 1.54) is 17.5 Å². The Kier molecular flexibility index (Phi) is 6.17. The van der Waals surface area contributed by atoms with Gasteiger partial charge in [-0.15, -0.1) is 5.10 Å². The monoisotopic (exact) mass is 396 g/mol. The van der Waals surface area contributed by atoms with E-state index in [1.807, 2.05) is 15.9 Å². The van der Waals surface area contributed by atoms with Crippen molar-refractivity contribution in [1.29, 1.82) is 0 Å². The zero-order valence-corrected chi connectivity index (χ0v) is 16.7. The minimum atomic E-state index is 0.155. The fourth-order valence-corrected chi connectivity index (χ4v) is 4.32. The molecular formula is C21H28N6O2. The molecule has 154 valence electrons. The van der Waals surface area contributed by atoms with Crippen LogP contribution in [0.5, 0.6) is 0 Å². The number of aromatic nitrogens is 4. The molecule has 4 rings (SSSR count). The van der Waals surface area contributed by atoms with Crippen molar-refractivity contribution in [2.45, 2.75) is 51.6 Å². The molecule has 1 aromatic carbocycles. The van der Waals surface area contributed by atoms with Gasteiger partial charge in [0.1, 0.15) is 6.33 Å². The molecule has 0 unspecified atom stereocenters. The summed E-state index contributed by atoms with van der Waals surface area (Å²) in [7, 11) is 0. The van der Waals surface area contributed by atoms with Gasteiger partial charge in [-0.1, -0.05) is 24.3 Å². The van der Waals surface area contributed by atoms with E-state index in [1.54, 1.807) is 4.68 Å². The van der Waals surface area contributed by atoms with Crippen LogP contribution in [-0.4, -0.2) is 61.5 Å². The van der Waals surface area contributed by atoms with Gasteiger partial charge in [-0.2, -0.15) is 0 Å². The summed E-state index contributed by atoms with van der Waals surface area (Å²) in [5.41, 5.74) is 2.65. The normalized spacial score (nSPS) is 17.2. The fourth-order valence-electron chi connectivity index (χ4n) is 4.32. The number of carbonyl (C=O) groups excluding carboxylic acids is 2. The van der Waals surface area contributed by atoms with Gasteiger partial charge in [0, 0.05) is 39.0 Å². The molecule has 0 spiro atoms. The number of hydrogen-bond donors (Lipinski definition) is 0. The summed E-state index contributed by atoms with van der Waals surface area (Å²) in [4.78, 5) is 29.0. The van der Waals surface area contributed by atoms with Crippen molar-refractivity contribution < 1.29 is 9.59 Å². The zero-order chi connectivity index (χ0) is 20.1. The molecule has 0 N–H and O–H groups in total. The molecule has 2 aliphatic rings. The second-order valence-electron chi connectivity index (χ2n) is 8.02. The molecular weight excluding hydrogens is 368 g/mol. The molecule has 2 aromatic rings. The maximum atomic E-state index is 12.7. The second-order valence-corrected chi connectivity index (χ2v) is 8.02. The lowest BCUT2D eigenvalue weighted by molar-refractivity contribution is -0.134. The lowest BCUT2D eigenvalue weighted by Crippen LogP contribution is -2.39. The van der Waals surface area contributed by atoms with Crippen LogP contribution in [0.3, 0.4) is 0 Å². The number of nitrogens with zero attached hydrogens (tertiary/aromatic N) is 6. The van der Waals surface area contributed by atoms with Crippen molar-refractivity contribution in [1.82, 2.24) is 30.0 Å². The minimum Gasteiger partial charge on any atom is -0.343 e. The molecule has 0 saturated carbocycles. The number of piperidine rings is 1. The number of likely N-dealkylation sites (tertiary alicyclic amines) is 1. The van der Waals surface area contributed by atoms with E-state index >= 15 is 0 Å². The Morgan fingerprint density at radius 3 is 2.48 bits per heavy atom. The van der Waals surface area contributed by atoms with E-state index in [0.717, 1.165) is 51.9 Å². The molecule has 8 heteroatoms. The molecule has 0 radical (unpaired) electrons. The summed E-state index contributed by atoms with van der Waals surface area (Å²) >= 11 is 0. The summed E-state index contributed by atoms with van der Waals surface area (Å²) in [6.07, 6.45) is 6.39. The van der Waals surface area contributed by atoms with Gasteiger partial charge in [-0.25, -0.2) is 4.68 Å². The number of rotatable bonds is 6. The van der Waals surface area contributed by atoms with E-state index in [0.29, 0.717) is 25.3 Å². The number of amides is 2. The molecule has 0 bridgehead atoms. The number of hydrogen-bond acceptors (Lipinski definition) is 5. The van der Waals surface area contributed by atoms with Gasteiger partial charge in [-0.05, 0) is 53.2 Å². The molecule has 0 aliphatic carbocycles. The average molecular weight is 396 g/mol. The predicted octanol–water partition coefficient (Wildman–Crippen LogP) is 1.67. The molecule has 29 heavy (non-hydrogen) atoms. The molecule has 0 atom stereocenters. The molecule has 2 aliphatic heterocycles. The number of carbonyl (C=O) groups is 2. The van der Waals surface area contributed by atoms with Crippen molar-refractivity contribution in [3.8, 4) is 0 Å². The average Bonchev–Trinajstić information content (AvgIpc) is 3.29. The van der Waals surface area contributed by atoms with Crippen LogP contribution in [-0.2, 0) is 29.1 Å². The standard InChI is InChI=1S/C21H28N6O2/c28-20(26-13-9-18-3-1-2-4-19(18)15-26)6-5-17-7-11-25(12-8-17)21(29)10-14-27-16-22-23-24-27/h1-4,16-17H,5-15H2. The van der Waals surface area contributed by atoms with Gasteiger partial charge in [-0.3, -0.25) is 9.59 Å². The highest BCUT2D eigenvalue weighted by Gasteiger charge is 2.25. The number of tetrazole rings is 1. The summed E-state index contributed by atoms with van der Waals surface area (Å²) in [5, 5.41) is 10.9. The Hall–Kier alpha value is -2.77. The molecule has 8 nitrogen and oxygen atoms in total. The Morgan fingerprint density at radius 2 is 1.72 bits per heavy atom. The lowest BCUT2D eigenvalue weighted by atomic mass is 9.91. The van der Waals surface area contributed by atoms with Crippen LogP contribution in [0, 0.1) is 5.92 Å². The largest absolute Gasteiger partial charge is 0.343 e. The summed E-state index contributed by atoms with van der Waals surface area (Å²) in [6.45, 7) is 3.64. The van der Waals surface area contributed by atoms with Crippen LogP contribution in [0.25, 0.3) is 0 Å². The first-order chi connectivity index (χ1) is 14.2. The second kappa shape index (κ2) is 9.15. The Bertz CT molecular complexity index is 829. The lowest BCUT2D eigenvalue weighted by Gasteiger charge is -2.33. The highest BCUT2D eigenvalue weighted by atomic mass is 16.2. The number of aryl methyl sites for hydroxylation is 1. The van der Waals surface area contributed by atoms with Gasteiger partial charge < -0.3 is 9.80 Å². The van der Waals surface area contributed by atoms with E-state index in [4.69, 9.17) is 0 Å². The summed E-state index contributed by atoms with van der Waals surface area (Å²) in [6, 6.07) is 8.40. The van der Waals surface area contributed by atoms with Crippen molar-refractivity contribution in [2.24, 2.45) is 5.92 Å². The van der Waals surface area contributed by atoms with Crippen molar-refractivity contribution in [3.05, 3.63) is 41.7 Å². The van der Waals surface area contributed by atoms with Crippen LogP contribution in [0.1, 0.15) is 43.2 Å². The van der Waals surface area contributed by atoms with Crippen molar-refractivity contribution >= 4 is 11.8 Å². The van der Waals surface area contributed by atoms with Gasteiger partial charge in [0.15, 0.2) is 0 Å². The Balaban J connectivity index is 1.16. The third kappa shape index (κ3) is 4.99. The Morgan fingerprint density at radius 1 is 0.966 bits per heavy atom. The summed E-state index contributed by atoms with van der Waals surface area (Å²) in [5.74, 6) is 0.945. The first-order valence-electron chi connectivity index (χ1n) is 10.5. The number of benzene rings is 1. The predicted molar refractivity (Wildman–Crippen MR) is 107 cm³/mol. The van der Waals surface area contributed by atoms with Gasteiger partial charge in [0.2, 0.25) is 11.8 Å². The van der Waals surface area contributed by atoms with Gasteiger partial charge >= 0.3 is 0 Å². The molecule has 1 aromatic heterocycles. The van der Waals surface area contributed by atoms with Crippen molar-refractivity contribution in [3.63, 3.8) is 0 Å². The Labute approximate surface area is 170 Å².